The summed E-state index contributed by atoms with van der Waals surface area (Å²) in [5, 5.41) is 0. The van der Waals surface area contributed by atoms with E-state index in [1.807, 2.05) is 24.7 Å². The Morgan fingerprint density at radius 1 is 1.32 bits per heavy atom. The Labute approximate surface area is 113 Å². The number of imidazole rings is 1. The maximum atomic E-state index is 5.71. The van der Waals surface area contributed by atoms with Gasteiger partial charge in [-0.25, -0.2) is 4.98 Å². The molecule has 0 aromatic carbocycles. The Morgan fingerprint density at radius 2 is 2.16 bits per heavy atom. The number of nitrogens with zero attached hydrogens (tertiary/aromatic N) is 3. The Kier molecular flexibility index (Phi) is 4.65. The predicted molar refractivity (Wildman–Crippen MR) is 75.3 cm³/mol. The number of hydrogen-bond acceptors (Lipinski definition) is 4. The first-order chi connectivity index (χ1) is 9.30. The molecule has 1 atom stereocenters. The zero-order chi connectivity index (χ0) is 13.7. The lowest BCUT2D eigenvalue weighted by Crippen LogP contribution is -2.31. The molecule has 2 aromatic rings. The van der Waals surface area contributed by atoms with Crippen LogP contribution in [0.1, 0.15) is 37.0 Å². The van der Waals surface area contributed by atoms with Gasteiger partial charge in [-0.15, -0.1) is 0 Å². The first-order valence-electron chi connectivity index (χ1n) is 6.70. The van der Waals surface area contributed by atoms with E-state index in [1.54, 1.807) is 0 Å². The molecule has 0 aliphatic heterocycles. The van der Waals surface area contributed by atoms with Crippen molar-refractivity contribution in [1.29, 1.82) is 0 Å². The second kappa shape index (κ2) is 6.45. The molecule has 2 aromatic heterocycles. The number of rotatable bonds is 6. The normalized spacial score (nSPS) is 12.6. The molecule has 1 unspecified atom stereocenters. The summed E-state index contributed by atoms with van der Waals surface area (Å²) in [5.74, 6) is 6.74. The van der Waals surface area contributed by atoms with E-state index in [1.165, 1.54) is 5.56 Å². The van der Waals surface area contributed by atoms with E-state index < -0.39 is 0 Å². The van der Waals surface area contributed by atoms with E-state index in [4.69, 9.17) is 5.84 Å². The summed E-state index contributed by atoms with van der Waals surface area (Å²) < 4.78 is 2.12. The van der Waals surface area contributed by atoms with E-state index in [-0.39, 0.29) is 6.04 Å². The summed E-state index contributed by atoms with van der Waals surface area (Å²) >= 11 is 0. The third-order valence-electron chi connectivity index (χ3n) is 3.37. The standard InChI is InChI=1S/C14H21N5/c1-3-11-6-5-7-17-14(11)12(18-15)10-13-16-8-9-19(13)4-2/h5-9,12,18H,3-4,10,15H2,1-2H3. The molecular formula is C14H21N5. The van der Waals surface area contributed by atoms with Gasteiger partial charge in [-0.05, 0) is 25.0 Å². The van der Waals surface area contributed by atoms with Crippen molar-refractivity contribution < 1.29 is 0 Å². The third kappa shape index (κ3) is 3.00. The van der Waals surface area contributed by atoms with Crippen LogP contribution >= 0.6 is 0 Å². The highest BCUT2D eigenvalue weighted by Gasteiger charge is 2.17. The van der Waals surface area contributed by atoms with Crippen molar-refractivity contribution in [3.8, 4) is 0 Å². The summed E-state index contributed by atoms with van der Waals surface area (Å²) in [7, 11) is 0. The van der Waals surface area contributed by atoms with Crippen molar-refractivity contribution in [1.82, 2.24) is 20.0 Å². The lowest BCUT2D eigenvalue weighted by Gasteiger charge is -2.18. The second-order valence-electron chi connectivity index (χ2n) is 4.45. The van der Waals surface area contributed by atoms with Gasteiger partial charge in [0.2, 0.25) is 0 Å². The monoisotopic (exact) mass is 259 g/mol. The minimum Gasteiger partial charge on any atom is -0.335 e. The molecule has 0 saturated heterocycles. The Balaban J connectivity index is 2.25. The topological polar surface area (TPSA) is 68.8 Å². The maximum Gasteiger partial charge on any atom is 0.110 e. The lowest BCUT2D eigenvalue weighted by atomic mass is 10.0. The first kappa shape index (κ1) is 13.7. The lowest BCUT2D eigenvalue weighted by molar-refractivity contribution is 0.508. The number of hydrogen-bond donors (Lipinski definition) is 2. The molecule has 0 bridgehead atoms. The molecule has 0 spiro atoms. The largest absolute Gasteiger partial charge is 0.335 e. The van der Waals surface area contributed by atoms with Gasteiger partial charge >= 0.3 is 0 Å². The molecule has 102 valence electrons. The summed E-state index contributed by atoms with van der Waals surface area (Å²) in [6, 6.07) is 4.05. The average Bonchev–Trinajstić information content (AvgIpc) is 2.92. The second-order valence-corrected chi connectivity index (χ2v) is 4.45. The predicted octanol–water partition coefficient (Wildman–Crippen LogP) is 1.61. The van der Waals surface area contributed by atoms with Gasteiger partial charge in [0.1, 0.15) is 5.82 Å². The zero-order valence-electron chi connectivity index (χ0n) is 11.5. The van der Waals surface area contributed by atoms with Crippen LogP contribution in [0.2, 0.25) is 0 Å². The number of nitrogens with one attached hydrogen (secondary N) is 1. The molecule has 0 aliphatic rings. The van der Waals surface area contributed by atoms with Gasteiger partial charge in [0, 0.05) is 31.6 Å². The van der Waals surface area contributed by atoms with Gasteiger partial charge in [-0.1, -0.05) is 13.0 Å². The Bertz CT molecular complexity index is 520. The zero-order valence-corrected chi connectivity index (χ0v) is 11.5. The Hall–Kier alpha value is -1.72. The van der Waals surface area contributed by atoms with E-state index in [2.05, 4.69) is 39.9 Å². The molecule has 5 nitrogen and oxygen atoms in total. The van der Waals surface area contributed by atoms with Crippen LogP contribution in [0.4, 0.5) is 0 Å². The number of pyridine rings is 1. The van der Waals surface area contributed by atoms with Crippen LogP contribution in [0, 0.1) is 0 Å². The van der Waals surface area contributed by atoms with Crippen molar-refractivity contribution in [3.05, 3.63) is 47.8 Å². The van der Waals surface area contributed by atoms with Crippen LogP contribution in [0.25, 0.3) is 0 Å². The van der Waals surface area contributed by atoms with Crippen LogP contribution in [0.15, 0.2) is 30.7 Å². The van der Waals surface area contributed by atoms with E-state index in [0.717, 1.165) is 30.9 Å². The molecule has 0 fully saturated rings. The van der Waals surface area contributed by atoms with E-state index in [0.29, 0.717) is 0 Å². The fourth-order valence-electron chi connectivity index (χ4n) is 2.30. The van der Waals surface area contributed by atoms with Gasteiger partial charge < -0.3 is 4.57 Å². The SMILES string of the molecule is CCc1cccnc1C(Cc1nccn1CC)NN. The van der Waals surface area contributed by atoms with Crippen LogP contribution in [-0.2, 0) is 19.4 Å². The van der Waals surface area contributed by atoms with Gasteiger partial charge in [-0.3, -0.25) is 16.3 Å². The molecule has 0 amide bonds. The highest BCUT2D eigenvalue weighted by atomic mass is 15.2. The first-order valence-corrected chi connectivity index (χ1v) is 6.70. The fourth-order valence-corrected chi connectivity index (χ4v) is 2.30. The molecule has 0 radical (unpaired) electrons. The fraction of sp³-hybridized carbons (Fsp3) is 0.429. The summed E-state index contributed by atoms with van der Waals surface area (Å²) in [4.78, 5) is 8.87. The van der Waals surface area contributed by atoms with Gasteiger partial charge in [0.25, 0.3) is 0 Å². The van der Waals surface area contributed by atoms with E-state index in [9.17, 15) is 0 Å². The average molecular weight is 259 g/mol. The molecule has 5 heteroatoms. The van der Waals surface area contributed by atoms with Crippen molar-refractivity contribution >= 4 is 0 Å². The highest BCUT2D eigenvalue weighted by Crippen LogP contribution is 2.19. The minimum absolute atomic E-state index is 0.0103. The molecule has 19 heavy (non-hydrogen) atoms. The molecule has 0 aliphatic carbocycles. The highest BCUT2D eigenvalue weighted by molar-refractivity contribution is 5.23. The smallest absolute Gasteiger partial charge is 0.110 e. The molecule has 0 saturated carbocycles. The molecule has 2 rings (SSSR count). The molecule has 2 heterocycles. The van der Waals surface area contributed by atoms with E-state index >= 15 is 0 Å². The van der Waals surface area contributed by atoms with Crippen LogP contribution in [0.3, 0.4) is 0 Å². The maximum absolute atomic E-state index is 5.71. The number of hydrazine groups is 1. The number of aromatic nitrogens is 3. The van der Waals surface area contributed by atoms with Crippen molar-refractivity contribution in [3.63, 3.8) is 0 Å². The minimum atomic E-state index is -0.0103. The van der Waals surface area contributed by atoms with Crippen molar-refractivity contribution in [2.24, 2.45) is 5.84 Å². The Morgan fingerprint density at radius 3 is 2.84 bits per heavy atom. The van der Waals surface area contributed by atoms with Gasteiger partial charge in [0.15, 0.2) is 0 Å². The van der Waals surface area contributed by atoms with Gasteiger partial charge in [0.05, 0.1) is 11.7 Å². The van der Waals surface area contributed by atoms with Crippen molar-refractivity contribution in [2.45, 2.75) is 39.3 Å². The quantitative estimate of drug-likeness (QED) is 0.611. The molecular weight excluding hydrogens is 238 g/mol. The molecule has 3 N–H and O–H groups in total. The summed E-state index contributed by atoms with van der Waals surface area (Å²) in [6.45, 7) is 5.14. The van der Waals surface area contributed by atoms with Gasteiger partial charge in [-0.2, -0.15) is 0 Å². The van der Waals surface area contributed by atoms with Crippen LogP contribution in [0.5, 0.6) is 0 Å². The summed E-state index contributed by atoms with van der Waals surface area (Å²) in [5.41, 5.74) is 5.10. The van der Waals surface area contributed by atoms with Crippen LogP contribution in [-0.4, -0.2) is 14.5 Å². The van der Waals surface area contributed by atoms with Crippen LogP contribution < -0.4 is 11.3 Å². The third-order valence-corrected chi connectivity index (χ3v) is 3.37. The number of aryl methyl sites for hydroxylation is 2. The van der Waals surface area contributed by atoms with Crippen molar-refractivity contribution in [2.75, 3.05) is 0 Å². The summed E-state index contributed by atoms with van der Waals surface area (Å²) in [6.07, 6.45) is 7.31. The number of nitrogens with two attached hydrogens (primary N) is 1.